The van der Waals surface area contributed by atoms with Crippen LogP contribution in [0.25, 0.3) is 0 Å². The van der Waals surface area contributed by atoms with Gasteiger partial charge in [-0.05, 0) is 37.8 Å². The van der Waals surface area contributed by atoms with E-state index in [2.05, 4.69) is 11.1 Å². The summed E-state index contributed by atoms with van der Waals surface area (Å²) in [6, 6.07) is 6.11. The quantitative estimate of drug-likeness (QED) is 0.617. The first-order chi connectivity index (χ1) is 14.3. The Hall–Kier alpha value is -2.87. The van der Waals surface area contributed by atoms with Crippen molar-refractivity contribution in [1.82, 2.24) is 9.55 Å². The minimum absolute atomic E-state index is 0.00756. The second-order valence-corrected chi connectivity index (χ2v) is 7.47. The van der Waals surface area contributed by atoms with E-state index < -0.39 is 11.2 Å². The van der Waals surface area contributed by atoms with Crippen LogP contribution in [-0.2, 0) is 22.5 Å². The van der Waals surface area contributed by atoms with Crippen molar-refractivity contribution >= 4 is 17.4 Å². The third-order valence-electron chi connectivity index (χ3n) is 5.15. The van der Waals surface area contributed by atoms with E-state index >= 15 is 0 Å². The number of ether oxygens (including phenoxy) is 1. The fraction of sp³-hybridized carbons (Fsp3) is 0.500. The maximum Gasteiger partial charge on any atom is 0.330 e. The van der Waals surface area contributed by atoms with Gasteiger partial charge in [0.2, 0.25) is 5.91 Å². The van der Waals surface area contributed by atoms with Crippen molar-refractivity contribution in [3.05, 3.63) is 55.7 Å². The molecule has 0 aliphatic rings. The molecule has 164 valence electrons. The first-order valence-electron chi connectivity index (χ1n) is 10.3. The molecule has 30 heavy (non-hydrogen) atoms. The third kappa shape index (κ3) is 5.60. The number of nitrogens with zero attached hydrogens (tertiary/aromatic N) is 2. The first-order valence-corrected chi connectivity index (χ1v) is 10.3. The number of hydrogen-bond donors (Lipinski definition) is 2. The summed E-state index contributed by atoms with van der Waals surface area (Å²) in [6.07, 6.45) is 2.35. The zero-order chi connectivity index (χ0) is 22.3. The summed E-state index contributed by atoms with van der Waals surface area (Å²) in [4.78, 5) is 41.5. The number of nitrogens with two attached hydrogens (primary N) is 1. The summed E-state index contributed by atoms with van der Waals surface area (Å²) < 4.78 is 6.44. The highest BCUT2D eigenvalue weighted by Crippen LogP contribution is 2.20. The van der Waals surface area contributed by atoms with Gasteiger partial charge in [0.25, 0.3) is 5.56 Å². The molecule has 1 aromatic heterocycles. The number of aromatic amines is 1. The molecule has 3 N–H and O–H groups in total. The second kappa shape index (κ2) is 10.8. The number of amides is 1. The molecule has 8 heteroatoms. The summed E-state index contributed by atoms with van der Waals surface area (Å²) in [5.74, 6) is -0.238. The number of methoxy groups -OCH3 is 1. The molecule has 2 rings (SSSR count). The van der Waals surface area contributed by atoms with Crippen LogP contribution in [0.2, 0.25) is 0 Å². The second-order valence-electron chi connectivity index (χ2n) is 7.47. The van der Waals surface area contributed by atoms with Crippen LogP contribution in [0.15, 0.2) is 27.8 Å². The van der Waals surface area contributed by atoms with Gasteiger partial charge < -0.3 is 15.4 Å². The van der Waals surface area contributed by atoms with Crippen molar-refractivity contribution < 1.29 is 9.53 Å². The average Bonchev–Trinajstić information content (AvgIpc) is 2.69. The summed E-state index contributed by atoms with van der Waals surface area (Å²) in [7, 11) is 1.52. The molecule has 0 atom stereocenters. The van der Waals surface area contributed by atoms with Crippen LogP contribution in [0.4, 0.5) is 11.5 Å². The first kappa shape index (κ1) is 23.4. The lowest BCUT2D eigenvalue weighted by Gasteiger charge is -2.24. The Bertz CT molecular complexity index is 994. The fourth-order valence-electron chi connectivity index (χ4n) is 3.42. The van der Waals surface area contributed by atoms with Gasteiger partial charge in [-0.25, -0.2) is 4.79 Å². The lowest BCUT2D eigenvalue weighted by atomic mass is 10.0. The van der Waals surface area contributed by atoms with Gasteiger partial charge in [-0.1, -0.05) is 37.1 Å². The lowest BCUT2D eigenvalue weighted by molar-refractivity contribution is -0.118. The maximum atomic E-state index is 13.1. The van der Waals surface area contributed by atoms with Gasteiger partial charge in [0.1, 0.15) is 5.82 Å². The summed E-state index contributed by atoms with van der Waals surface area (Å²) in [5, 5.41) is 0. The number of carbonyl (C=O) groups is 1. The Kier molecular flexibility index (Phi) is 8.41. The van der Waals surface area contributed by atoms with E-state index in [4.69, 9.17) is 10.5 Å². The van der Waals surface area contributed by atoms with Crippen molar-refractivity contribution in [3.8, 4) is 0 Å². The van der Waals surface area contributed by atoms with Gasteiger partial charge in [-0.2, -0.15) is 0 Å². The molecule has 0 radical (unpaired) electrons. The molecular formula is C22H32N4O4. The highest BCUT2D eigenvalue weighted by molar-refractivity contribution is 5.95. The van der Waals surface area contributed by atoms with E-state index in [0.717, 1.165) is 29.5 Å². The number of nitrogen functional groups attached to an aromatic ring is 1. The van der Waals surface area contributed by atoms with E-state index in [9.17, 15) is 14.4 Å². The Labute approximate surface area is 176 Å². The number of hydrogen-bond acceptors (Lipinski definition) is 5. The van der Waals surface area contributed by atoms with Crippen LogP contribution in [-0.4, -0.2) is 35.7 Å². The number of benzene rings is 1. The molecule has 0 saturated heterocycles. The molecule has 8 nitrogen and oxygen atoms in total. The minimum atomic E-state index is -0.666. The van der Waals surface area contributed by atoms with Gasteiger partial charge in [0.05, 0.1) is 6.61 Å². The highest BCUT2D eigenvalue weighted by Gasteiger charge is 2.24. The summed E-state index contributed by atoms with van der Waals surface area (Å²) >= 11 is 0. The number of nitrogens with one attached hydrogen (secondary N) is 1. The van der Waals surface area contributed by atoms with Crippen LogP contribution < -0.4 is 21.9 Å². The summed E-state index contributed by atoms with van der Waals surface area (Å²) in [6.45, 7) is 6.82. The fourth-order valence-corrected chi connectivity index (χ4v) is 3.42. The minimum Gasteiger partial charge on any atom is -0.383 e. The molecular weight excluding hydrogens is 384 g/mol. The smallest absolute Gasteiger partial charge is 0.330 e. The van der Waals surface area contributed by atoms with E-state index in [0.29, 0.717) is 13.0 Å². The number of carbonyl (C=O) groups excluding carboxylic acids is 1. The monoisotopic (exact) mass is 416 g/mol. The molecule has 0 saturated carbocycles. The number of H-pyrrole nitrogens is 1. The number of unbranched alkanes of at least 4 members (excludes halogenated alkanes) is 1. The Balaban J connectivity index is 2.35. The van der Waals surface area contributed by atoms with Gasteiger partial charge in [0, 0.05) is 26.6 Å². The Morgan fingerprint density at radius 3 is 2.63 bits per heavy atom. The molecule has 1 amide bonds. The molecule has 1 aromatic carbocycles. The van der Waals surface area contributed by atoms with Gasteiger partial charge in [-0.15, -0.1) is 0 Å². The number of rotatable bonds is 10. The largest absolute Gasteiger partial charge is 0.383 e. The van der Waals surface area contributed by atoms with Crippen LogP contribution in [0.5, 0.6) is 0 Å². The van der Waals surface area contributed by atoms with Gasteiger partial charge in [0.15, 0.2) is 5.69 Å². The number of anilines is 2. The van der Waals surface area contributed by atoms with E-state index in [1.54, 1.807) is 0 Å². The van der Waals surface area contributed by atoms with Gasteiger partial charge in [-0.3, -0.25) is 19.1 Å². The Morgan fingerprint density at radius 2 is 2.00 bits per heavy atom. The summed E-state index contributed by atoms with van der Waals surface area (Å²) in [5.41, 5.74) is 8.33. The van der Waals surface area contributed by atoms with Crippen molar-refractivity contribution in [1.29, 1.82) is 0 Å². The SMILES string of the molecule is CCCCn1c(N)c(N(CCOC)C(=O)CCc2ccc(C)cc2C)c(=O)[nH]c1=O. The molecule has 0 unspecified atom stereocenters. The van der Waals surface area contributed by atoms with Crippen LogP contribution in [0.3, 0.4) is 0 Å². The zero-order valence-corrected chi connectivity index (χ0v) is 18.3. The molecule has 1 heterocycles. The normalized spacial score (nSPS) is 10.9. The van der Waals surface area contributed by atoms with Crippen LogP contribution in [0, 0.1) is 13.8 Å². The maximum absolute atomic E-state index is 13.1. The van der Waals surface area contributed by atoms with Crippen molar-refractivity contribution in [2.24, 2.45) is 0 Å². The molecule has 0 bridgehead atoms. The van der Waals surface area contributed by atoms with E-state index in [1.807, 2.05) is 32.9 Å². The average molecular weight is 417 g/mol. The van der Waals surface area contributed by atoms with E-state index in [-0.39, 0.29) is 37.0 Å². The van der Waals surface area contributed by atoms with Crippen LogP contribution >= 0.6 is 0 Å². The number of aromatic nitrogens is 2. The Morgan fingerprint density at radius 1 is 1.27 bits per heavy atom. The van der Waals surface area contributed by atoms with Crippen molar-refractivity contribution in [2.45, 2.75) is 53.0 Å². The predicted octanol–water partition coefficient (Wildman–Crippen LogP) is 2.15. The number of aryl methyl sites for hydroxylation is 3. The van der Waals surface area contributed by atoms with Crippen LogP contribution in [0.1, 0.15) is 42.9 Å². The molecule has 0 fully saturated rings. The molecule has 2 aromatic rings. The van der Waals surface area contributed by atoms with Crippen molar-refractivity contribution in [3.63, 3.8) is 0 Å². The highest BCUT2D eigenvalue weighted by atomic mass is 16.5. The van der Waals surface area contributed by atoms with E-state index in [1.165, 1.54) is 16.6 Å². The molecule has 0 aliphatic carbocycles. The topological polar surface area (TPSA) is 110 Å². The molecule has 0 spiro atoms. The van der Waals surface area contributed by atoms with Crippen molar-refractivity contribution in [2.75, 3.05) is 30.9 Å². The van der Waals surface area contributed by atoms with Gasteiger partial charge >= 0.3 is 5.69 Å². The third-order valence-corrected chi connectivity index (χ3v) is 5.15. The predicted molar refractivity (Wildman–Crippen MR) is 119 cm³/mol. The molecule has 0 aliphatic heterocycles. The lowest BCUT2D eigenvalue weighted by Crippen LogP contribution is -2.42. The standard InChI is InChI=1S/C22H32N4O4/c1-5-6-11-26-20(23)19(21(28)24-22(26)29)25(12-13-30-4)18(27)10-9-17-8-7-15(2)14-16(17)3/h7-8,14H,5-6,9-13,23H2,1-4H3,(H,24,28,29). The zero-order valence-electron chi connectivity index (χ0n) is 18.3.